The van der Waals surface area contributed by atoms with Crippen molar-refractivity contribution in [3.05, 3.63) is 11.5 Å². The molecular weight excluding hydrogens is 406 g/mol. The summed E-state index contributed by atoms with van der Waals surface area (Å²) < 4.78 is 0. The Morgan fingerprint density at radius 2 is 1.91 bits per heavy atom. The van der Waals surface area contributed by atoms with Gasteiger partial charge in [-0.25, -0.2) is 9.78 Å². The zero-order valence-corrected chi connectivity index (χ0v) is 19.5. The number of hydrogen-bond donors (Lipinski definition) is 2. The molecule has 0 radical (unpaired) electrons. The minimum absolute atomic E-state index is 0.00299. The van der Waals surface area contributed by atoms with Gasteiger partial charge in [-0.15, -0.1) is 0 Å². The molecule has 0 saturated heterocycles. The molecule has 2 aliphatic heterocycles. The molecule has 8 heteroatoms. The van der Waals surface area contributed by atoms with Gasteiger partial charge in [-0.3, -0.25) is 19.6 Å². The second-order valence-electron chi connectivity index (χ2n) is 10.8. The molecule has 1 unspecified atom stereocenters. The third kappa shape index (κ3) is 3.25. The van der Waals surface area contributed by atoms with Gasteiger partial charge in [0.05, 0.1) is 12.6 Å². The summed E-state index contributed by atoms with van der Waals surface area (Å²) in [5.41, 5.74) is 1.09. The summed E-state index contributed by atoms with van der Waals surface area (Å²) in [5, 5.41) is 9.14. The largest absolute Gasteiger partial charge is 0.481 e. The number of imidazole rings is 1. The third-order valence-corrected chi connectivity index (χ3v) is 8.53. The molecule has 3 aliphatic carbocycles. The number of aromatic amines is 1. The smallest absolute Gasteiger partial charge is 0.331 e. The zero-order valence-electron chi connectivity index (χ0n) is 19.5. The molecule has 1 aromatic heterocycles. The lowest BCUT2D eigenvalue weighted by Crippen LogP contribution is -2.50. The quantitative estimate of drug-likeness (QED) is 0.658. The zero-order chi connectivity index (χ0) is 22.7. The first-order valence-electron chi connectivity index (χ1n) is 12.3. The number of aliphatic carboxylic acids is 1. The minimum atomic E-state index is -0.692. The van der Waals surface area contributed by atoms with Gasteiger partial charge in [0.2, 0.25) is 0 Å². The highest BCUT2D eigenvalue weighted by Crippen LogP contribution is 2.59. The average Bonchev–Trinajstić information content (AvgIpc) is 3.42. The van der Waals surface area contributed by atoms with E-state index < -0.39 is 5.97 Å². The molecule has 6 rings (SSSR count). The highest BCUT2D eigenvalue weighted by molar-refractivity contribution is 6.18. The molecular formula is C24H35N5O3. The number of aromatic nitrogens is 2. The highest BCUT2D eigenvalue weighted by atomic mass is 16.4. The first-order valence-corrected chi connectivity index (χ1v) is 12.3. The molecule has 3 saturated carbocycles. The van der Waals surface area contributed by atoms with Crippen LogP contribution in [0.3, 0.4) is 0 Å². The van der Waals surface area contributed by atoms with Gasteiger partial charge < -0.3 is 10.1 Å². The number of amidine groups is 1. The van der Waals surface area contributed by atoms with Gasteiger partial charge >= 0.3 is 12.0 Å². The van der Waals surface area contributed by atoms with Crippen LogP contribution in [0.25, 0.3) is 0 Å². The monoisotopic (exact) mass is 441 g/mol. The number of H-pyrrole nitrogens is 1. The molecule has 1 aromatic rings. The molecule has 0 spiro atoms. The average molecular weight is 442 g/mol. The molecule has 32 heavy (non-hydrogen) atoms. The SMILES string of the molecule is CCCN1C(=O)N2CC(C(C)C)N=C2c2[nH]c(C34CCC(CCC(=O)O)(CC3)CC4)nc21. The number of carboxylic acids is 1. The summed E-state index contributed by atoms with van der Waals surface area (Å²) in [7, 11) is 0. The predicted octanol–water partition coefficient (Wildman–Crippen LogP) is 4.30. The lowest BCUT2D eigenvalue weighted by atomic mass is 9.52. The van der Waals surface area contributed by atoms with Crippen LogP contribution in [0.2, 0.25) is 0 Å². The van der Waals surface area contributed by atoms with E-state index in [1.807, 2.05) is 9.80 Å². The maximum absolute atomic E-state index is 13.3. The number of carbonyl (C=O) groups excluding carboxylic acids is 1. The van der Waals surface area contributed by atoms with E-state index in [1.54, 1.807) is 0 Å². The molecule has 2 bridgehead atoms. The van der Waals surface area contributed by atoms with Gasteiger partial charge in [0, 0.05) is 18.4 Å². The molecule has 2 amide bonds. The number of nitrogens with zero attached hydrogens (tertiary/aromatic N) is 4. The van der Waals surface area contributed by atoms with Crippen molar-refractivity contribution in [2.45, 2.75) is 90.0 Å². The number of amides is 2. The van der Waals surface area contributed by atoms with E-state index in [1.165, 1.54) is 0 Å². The number of fused-ring (bicyclic) bond motifs is 6. The van der Waals surface area contributed by atoms with E-state index in [9.17, 15) is 9.59 Å². The summed E-state index contributed by atoms with van der Waals surface area (Å²) in [6, 6.07) is 0.115. The third-order valence-electron chi connectivity index (χ3n) is 8.53. The molecule has 1 atom stereocenters. The van der Waals surface area contributed by atoms with Gasteiger partial charge in [-0.2, -0.15) is 0 Å². The Labute approximate surface area is 189 Å². The Kier molecular flexibility index (Phi) is 5.09. The number of carboxylic acid groups (broad SMARTS) is 1. The normalized spacial score (nSPS) is 31.2. The lowest BCUT2D eigenvalue weighted by Gasteiger charge is -2.52. The summed E-state index contributed by atoms with van der Waals surface area (Å²) in [6.45, 7) is 7.68. The molecule has 5 aliphatic rings. The van der Waals surface area contributed by atoms with E-state index in [4.69, 9.17) is 15.1 Å². The number of urea groups is 1. The van der Waals surface area contributed by atoms with Gasteiger partial charge in [0.1, 0.15) is 11.5 Å². The highest BCUT2D eigenvalue weighted by Gasteiger charge is 2.52. The number of hydrogen-bond acceptors (Lipinski definition) is 4. The Balaban J connectivity index is 1.46. The van der Waals surface area contributed by atoms with Gasteiger partial charge in [-0.05, 0) is 62.7 Å². The van der Waals surface area contributed by atoms with Crippen molar-refractivity contribution in [2.75, 3.05) is 18.0 Å². The van der Waals surface area contributed by atoms with E-state index >= 15 is 0 Å². The number of nitrogens with one attached hydrogen (secondary N) is 1. The fourth-order valence-corrected chi connectivity index (χ4v) is 6.26. The lowest BCUT2D eigenvalue weighted by molar-refractivity contribution is -0.138. The Bertz CT molecular complexity index is 940. The van der Waals surface area contributed by atoms with E-state index in [0.29, 0.717) is 19.0 Å². The fraction of sp³-hybridized carbons (Fsp3) is 0.750. The first kappa shape index (κ1) is 21.5. The van der Waals surface area contributed by atoms with Crippen molar-refractivity contribution in [2.24, 2.45) is 16.3 Å². The first-order chi connectivity index (χ1) is 15.3. The Morgan fingerprint density at radius 1 is 1.22 bits per heavy atom. The van der Waals surface area contributed by atoms with Crippen LogP contribution in [0.1, 0.15) is 90.1 Å². The van der Waals surface area contributed by atoms with Crippen LogP contribution >= 0.6 is 0 Å². The van der Waals surface area contributed by atoms with Crippen LogP contribution in [0, 0.1) is 11.3 Å². The molecule has 174 valence electrons. The summed E-state index contributed by atoms with van der Waals surface area (Å²) in [4.78, 5) is 41.7. The number of carbonyl (C=O) groups is 2. The molecule has 8 nitrogen and oxygen atoms in total. The standard InChI is InChI=1S/C24H35N5O3/c1-4-13-28-20-18(19-25-16(15(2)3)14-29(19)22(28)32)26-21(27-20)24-10-7-23(8-11-24,9-12-24)6-5-17(30)31/h15-16H,4-14H2,1-3H3,(H,26,27)(H,30,31). The van der Waals surface area contributed by atoms with Crippen molar-refractivity contribution < 1.29 is 14.7 Å². The van der Waals surface area contributed by atoms with Crippen LogP contribution in [-0.2, 0) is 10.2 Å². The minimum Gasteiger partial charge on any atom is -0.481 e. The maximum atomic E-state index is 13.3. The summed E-state index contributed by atoms with van der Waals surface area (Å²) in [5.74, 6) is 2.19. The maximum Gasteiger partial charge on any atom is 0.331 e. The van der Waals surface area contributed by atoms with Crippen molar-refractivity contribution in [1.29, 1.82) is 0 Å². The topological polar surface area (TPSA) is 102 Å². The van der Waals surface area contributed by atoms with Crippen LogP contribution in [0.15, 0.2) is 4.99 Å². The van der Waals surface area contributed by atoms with Crippen molar-refractivity contribution in [3.8, 4) is 0 Å². The second-order valence-corrected chi connectivity index (χ2v) is 10.8. The van der Waals surface area contributed by atoms with Gasteiger partial charge in [0.25, 0.3) is 0 Å². The van der Waals surface area contributed by atoms with Crippen LogP contribution in [0.4, 0.5) is 10.6 Å². The Morgan fingerprint density at radius 3 is 2.50 bits per heavy atom. The molecule has 3 heterocycles. The number of aliphatic imine (C=N–C) groups is 1. The predicted molar refractivity (Wildman–Crippen MR) is 122 cm³/mol. The number of rotatable bonds is 7. The second kappa shape index (κ2) is 7.59. The van der Waals surface area contributed by atoms with Gasteiger partial charge in [0.15, 0.2) is 11.7 Å². The fourth-order valence-electron chi connectivity index (χ4n) is 6.26. The van der Waals surface area contributed by atoms with E-state index in [-0.39, 0.29) is 29.3 Å². The van der Waals surface area contributed by atoms with Crippen molar-refractivity contribution in [1.82, 2.24) is 14.9 Å². The van der Waals surface area contributed by atoms with Gasteiger partial charge in [-0.1, -0.05) is 20.8 Å². The van der Waals surface area contributed by atoms with Crippen molar-refractivity contribution in [3.63, 3.8) is 0 Å². The number of anilines is 1. The summed E-state index contributed by atoms with van der Waals surface area (Å²) >= 11 is 0. The van der Waals surface area contributed by atoms with Crippen molar-refractivity contribution >= 4 is 23.7 Å². The Hall–Kier alpha value is -2.38. The van der Waals surface area contributed by atoms with E-state index in [2.05, 4.69) is 25.8 Å². The van der Waals surface area contributed by atoms with E-state index in [0.717, 1.165) is 74.5 Å². The summed E-state index contributed by atoms with van der Waals surface area (Å²) in [6.07, 6.45) is 8.21. The molecule has 3 fully saturated rings. The molecule has 2 N–H and O–H groups in total. The molecule has 0 aromatic carbocycles. The van der Waals surface area contributed by atoms with Crippen LogP contribution in [-0.4, -0.2) is 56.9 Å². The van der Waals surface area contributed by atoms with Crippen LogP contribution < -0.4 is 4.90 Å². The van der Waals surface area contributed by atoms with Crippen LogP contribution in [0.5, 0.6) is 0 Å².